The topological polar surface area (TPSA) is 58.8 Å². The second-order valence-electron chi connectivity index (χ2n) is 9.63. The molecule has 1 atom stereocenters. The summed E-state index contributed by atoms with van der Waals surface area (Å²) in [6, 6.07) is 18.7. The molecule has 1 aromatic heterocycles. The highest BCUT2D eigenvalue weighted by Gasteiger charge is 2.30. The van der Waals surface area contributed by atoms with Crippen LogP contribution in [0.4, 0.5) is 5.88 Å². The Balaban J connectivity index is 1.50. The highest BCUT2D eigenvalue weighted by Crippen LogP contribution is 2.35. The minimum Gasteiger partial charge on any atom is -0.376 e. The first kappa shape index (κ1) is 22.7. The van der Waals surface area contributed by atoms with Gasteiger partial charge in [0.15, 0.2) is 0 Å². The standard InChI is InChI=1S/C28H33N3O3/c1-20(2)27(32)31(18-24-13-8-16-33-24)19-25-26(22-10-4-3-5-11-22)29-34-28(25)30-15-14-21-9-6-7-12-23(21)17-30/h3-7,9-12,20,24H,8,13-19H2,1-2H3. The van der Waals surface area contributed by atoms with Crippen molar-refractivity contribution in [2.24, 2.45) is 5.92 Å². The summed E-state index contributed by atoms with van der Waals surface area (Å²) in [5.74, 6) is 0.805. The number of carbonyl (C=O) groups excluding carboxylic acids is 1. The summed E-state index contributed by atoms with van der Waals surface area (Å²) in [6.45, 7) is 7.37. The van der Waals surface area contributed by atoms with Crippen molar-refractivity contribution in [3.63, 3.8) is 0 Å². The number of carbonyl (C=O) groups is 1. The van der Waals surface area contributed by atoms with Crippen molar-refractivity contribution >= 4 is 11.8 Å². The summed E-state index contributed by atoms with van der Waals surface area (Å²) >= 11 is 0. The molecule has 1 unspecified atom stereocenters. The number of rotatable bonds is 7. The molecule has 0 bridgehead atoms. The van der Waals surface area contributed by atoms with E-state index in [-0.39, 0.29) is 17.9 Å². The van der Waals surface area contributed by atoms with E-state index in [1.807, 2.05) is 49.1 Å². The van der Waals surface area contributed by atoms with Gasteiger partial charge in [0.05, 0.1) is 18.2 Å². The summed E-state index contributed by atoms with van der Waals surface area (Å²) < 4.78 is 11.9. The van der Waals surface area contributed by atoms with E-state index in [2.05, 4.69) is 34.3 Å². The first-order chi connectivity index (χ1) is 16.6. The molecular formula is C28H33N3O3. The minimum atomic E-state index is -0.0910. The van der Waals surface area contributed by atoms with E-state index in [0.29, 0.717) is 13.1 Å². The van der Waals surface area contributed by atoms with Crippen molar-refractivity contribution in [3.8, 4) is 11.3 Å². The summed E-state index contributed by atoms with van der Waals surface area (Å²) in [5, 5.41) is 4.52. The first-order valence-corrected chi connectivity index (χ1v) is 12.4. The summed E-state index contributed by atoms with van der Waals surface area (Å²) in [5.41, 5.74) is 5.48. The molecule has 0 radical (unpaired) electrons. The highest BCUT2D eigenvalue weighted by atomic mass is 16.5. The molecule has 1 fully saturated rings. The molecule has 0 saturated carbocycles. The van der Waals surface area contributed by atoms with E-state index in [1.54, 1.807) is 0 Å². The zero-order valence-corrected chi connectivity index (χ0v) is 20.1. The molecule has 6 nitrogen and oxygen atoms in total. The number of hydrogen-bond acceptors (Lipinski definition) is 5. The van der Waals surface area contributed by atoms with Crippen LogP contribution in [0.5, 0.6) is 0 Å². The average Bonchev–Trinajstić information content (AvgIpc) is 3.53. The van der Waals surface area contributed by atoms with Crippen molar-refractivity contribution in [3.05, 3.63) is 71.3 Å². The lowest BCUT2D eigenvalue weighted by Gasteiger charge is -2.31. The van der Waals surface area contributed by atoms with E-state index in [4.69, 9.17) is 9.26 Å². The molecule has 3 aromatic rings. The van der Waals surface area contributed by atoms with Crippen molar-refractivity contribution in [1.82, 2.24) is 10.1 Å². The van der Waals surface area contributed by atoms with Gasteiger partial charge in [0.2, 0.25) is 11.8 Å². The van der Waals surface area contributed by atoms with Crippen molar-refractivity contribution in [2.45, 2.75) is 52.3 Å². The van der Waals surface area contributed by atoms with Crippen molar-refractivity contribution < 1.29 is 14.1 Å². The number of anilines is 1. The molecule has 0 spiro atoms. The largest absolute Gasteiger partial charge is 0.376 e. The average molecular weight is 460 g/mol. The fourth-order valence-corrected chi connectivity index (χ4v) is 5.01. The van der Waals surface area contributed by atoms with Crippen LogP contribution in [-0.4, -0.2) is 41.8 Å². The van der Waals surface area contributed by atoms with E-state index < -0.39 is 0 Å². The summed E-state index contributed by atoms with van der Waals surface area (Å²) in [6.07, 6.45) is 3.09. The fraction of sp³-hybridized carbons (Fsp3) is 0.429. The number of ether oxygens (including phenoxy) is 1. The molecule has 0 N–H and O–H groups in total. The smallest absolute Gasteiger partial charge is 0.233 e. The second kappa shape index (κ2) is 10.0. The lowest BCUT2D eigenvalue weighted by atomic mass is 9.99. The molecule has 2 aliphatic rings. The Kier molecular flexibility index (Phi) is 6.68. The highest BCUT2D eigenvalue weighted by molar-refractivity contribution is 5.79. The van der Waals surface area contributed by atoms with Crippen molar-refractivity contribution in [1.29, 1.82) is 0 Å². The molecule has 6 heteroatoms. The molecule has 0 aliphatic carbocycles. The number of amides is 1. The zero-order valence-electron chi connectivity index (χ0n) is 20.1. The molecule has 2 aliphatic heterocycles. The Morgan fingerprint density at radius 1 is 1.12 bits per heavy atom. The van der Waals surface area contributed by atoms with Gasteiger partial charge in [-0.15, -0.1) is 0 Å². The third kappa shape index (κ3) is 4.73. The SMILES string of the molecule is CC(C)C(=O)N(Cc1c(-c2ccccc2)noc1N1CCc2ccccc2C1)CC1CCCO1. The van der Waals surface area contributed by atoms with Crippen LogP contribution in [0.2, 0.25) is 0 Å². The van der Waals surface area contributed by atoms with Crippen LogP contribution in [-0.2, 0) is 29.0 Å². The van der Waals surface area contributed by atoms with E-state index in [0.717, 1.165) is 61.7 Å². The minimum absolute atomic E-state index is 0.0908. The third-order valence-corrected chi connectivity index (χ3v) is 6.84. The Morgan fingerprint density at radius 3 is 2.62 bits per heavy atom. The molecule has 5 rings (SSSR count). The van der Waals surface area contributed by atoms with Gasteiger partial charge in [0.25, 0.3) is 0 Å². The lowest BCUT2D eigenvalue weighted by molar-refractivity contribution is -0.136. The van der Waals surface area contributed by atoms with Crippen LogP contribution in [0.25, 0.3) is 11.3 Å². The quantitative estimate of drug-likeness (QED) is 0.494. The second-order valence-corrected chi connectivity index (χ2v) is 9.63. The van der Waals surface area contributed by atoms with Crippen LogP contribution >= 0.6 is 0 Å². The number of aromatic nitrogens is 1. The normalized spacial score (nSPS) is 17.7. The van der Waals surface area contributed by atoms with E-state index >= 15 is 0 Å². The molecule has 1 saturated heterocycles. The maximum Gasteiger partial charge on any atom is 0.233 e. The number of hydrogen-bond donors (Lipinski definition) is 0. The van der Waals surface area contributed by atoms with Crippen LogP contribution in [0, 0.1) is 5.92 Å². The summed E-state index contributed by atoms with van der Waals surface area (Å²) in [7, 11) is 0. The monoisotopic (exact) mass is 459 g/mol. The van der Waals surface area contributed by atoms with E-state index in [1.165, 1.54) is 11.1 Å². The maximum absolute atomic E-state index is 13.3. The predicted molar refractivity (Wildman–Crippen MR) is 132 cm³/mol. The van der Waals surface area contributed by atoms with Crippen LogP contribution < -0.4 is 4.90 Å². The van der Waals surface area contributed by atoms with E-state index in [9.17, 15) is 4.79 Å². The van der Waals surface area contributed by atoms with Crippen molar-refractivity contribution in [2.75, 3.05) is 24.6 Å². The van der Waals surface area contributed by atoms with Gasteiger partial charge in [-0.3, -0.25) is 4.79 Å². The van der Waals surface area contributed by atoms with Gasteiger partial charge in [-0.25, -0.2) is 0 Å². The van der Waals surface area contributed by atoms with Gasteiger partial charge < -0.3 is 19.1 Å². The lowest BCUT2D eigenvalue weighted by Crippen LogP contribution is -2.39. The Bertz CT molecular complexity index is 1120. The van der Waals surface area contributed by atoms with Gasteiger partial charge >= 0.3 is 0 Å². The molecule has 1 amide bonds. The number of fused-ring (bicyclic) bond motifs is 1. The maximum atomic E-state index is 13.3. The van der Waals surface area contributed by atoms with Gasteiger partial charge in [-0.1, -0.05) is 73.6 Å². The molecule has 178 valence electrons. The van der Waals surface area contributed by atoms with Gasteiger partial charge in [-0.2, -0.15) is 0 Å². The molecule has 34 heavy (non-hydrogen) atoms. The van der Waals surface area contributed by atoms with Crippen LogP contribution in [0.1, 0.15) is 43.4 Å². The molecule has 3 heterocycles. The van der Waals surface area contributed by atoms with Crippen LogP contribution in [0.15, 0.2) is 59.1 Å². The molecule has 2 aromatic carbocycles. The number of benzene rings is 2. The fourth-order valence-electron chi connectivity index (χ4n) is 5.01. The third-order valence-electron chi connectivity index (χ3n) is 6.84. The first-order valence-electron chi connectivity index (χ1n) is 12.4. The Morgan fingerprint density at radius 2 is 1.88 bits per heavy atom. The van der Waals surface area contributed by atoms with Gasteiger partial charge in [0, 0.05) is 37.7 Å². The van der Waals surface area contributed by atoms with Gasteiger partial charge in [-0.05, 0) is 30.4 Å². The predicted octanol–water partition coefficient (Wildman–Crippen LogP) is 5.07. The number of nitrogens with zero attached hydrogens (tertiary/aromatic N) is 3. The Labute approximate surface area is 201 Å². The summed E-state index contributed by atoms with van der Waals surface area (Å²) in [4.78, 5) is 17.5. The molecular weight excluding hydrogens is 426 g/mol. The zero-order chi connectivity index (χ0) is 23.5. The Hall–Kier alpha value is -3.12. The van der Waals surface area contributed by atoms with Gasteiger partial charge in [0.1, 0.15) is 5.69 Å². The van der Waals surface area contributed by atoms with Crippen LogP contribution in [0.3, 0.4) is 0 Å².